The first kappa shape index (κ1) is 13.4. The van der Waals surface area contributed by atoms with E-state index in [4.69, 9.17) is 16.6 Å². The second-order valence-corrected chi connectivity index (χ2v) is 5.13. The highest BCUT2D eigenvalue weighted by atomic mass is 32.2. The zero-order valence-corrected chi connectivity index (χ0v) is 9.65. The van der Waals surface area contributed by atoms with Gasteiger partial charge in [0.2, 0.25) is 10.0 Å². The van der Waals surface area contributed by atoms with Crippen LogP contribution in [0.3, 0.4) is 0 Å². The molecule has 6 N–H and O–H groups in total. The number of carbonyl (C=O) groups is 1. The Labute approximate surface area is 98.5 Å². The van der Waals surface area contributed by atoms with E-state index in [1.54, 1.807) is 0 Å². The smallest absolute Gasteiger partial charge is 0.321 e. The Bertz CT molecular complexity index is 497. The molecular weight excluding hydrogens is 246 g/mol. The fourth-order valence-corrected chi connectivity index (χ4v) is 2.08. The van der Waals surface area contributed by atoms with Crippen molar-refractivity contribution in [3.63, 3.8) is 0 Å². The fraction of sp³-hybridized carbons (Fsp3) is 0.222. The Hall–Kier alpha value is -1.64. The van der Waals surface area contributed by atoms with Gasteiger partial charge in [0.15, 0.2) is 0 Å². The molecule has 1 rings (SSSR count). The third-order valence-corrected chi connectivity index (χ3v) is 3.44. The van der Waals surface area contributed by atoms with Crippen molar-refractivity contribution in [2.24, 2.45) is 5.73 Å². The standard InChI is InChI=1S/C9H13N3O4S/c10-6-1-3-7(4-2-6)17(15,16)12-5-8(11)9(13)14/h1-4,8,12H,5,10-11H2,(H,13,14). The van der Waals surface area contributed by atoms with E-state index in [1.807, 2.05) is 0 Å². The van der Waals surface area contributed by atoms with Crippen LogP contribution in [0, 0.1) is 0 Å². The SMILES string of the molecule is Nc1ccc(S(=O)(=O)NCC(N)C(=O)O)cc1. The van der Waals surface area contributed by atoms with E-state index < -0.39 is 22.0 Å². The van der Waals surface area contributed by atoms with Gasteiger partial charge in [-0.3, -0.25) is 4.79 Å². The highest BCUT2D eigenvalue weighted by molar-refractivity contribution is 7.89. The molecule has 0 aliphatic heterocycles. The highest BCUT2D eigenvalue weighted by Gasteiger charge is 2.18. The predicted octanol–water partition coefficient (Wildman–Crippen LogP) is -1.04. The first-order valence-corrected chi connectivity index (χ1v) is 6.15. The summed E-state index contributed by atoms with van der Waals surface area (Å²) in [6.45, 7) is -0.373. The molecule has 0 fully saturated rings. The minimum Gasteiger partial charge on any atom is -0.480 e. The van der Waals surface area contributed by atoms with Crippen molar-refractivity contribution in [1.29, 1.82) is 0 Å². The van der Waals surface area contributed by atoms with Gasteiger partial charge in [0.05, 0.1) is 4.90 Å². The topological polar surface area (TPSA) is 136 Å². The van der Waals surface area contributed by atoms with Crippen LogP contribution in [0.2, 0.25) is 0 Å². The summed E-state index contributed by atoms with van der Waals surface area (Å²) in [5.41, 5.74) is 11.0. The zero-order valence-electron chi connectivity index (χ0n) is 8.83. The lowest BCUT2D eigenvalue weighted by Crippen LogP contribution is -2.42. The largest absolute Gasteiger partial charge is 0.480 e. The van der Waals surface area contributed by atoms with Crippen LogP contribution in [0.25, 0.3) is 0 Å². The number of hydrogen-bond acceptors (Lipinski definition) is 5. The van der Waals surface area contributed by atoms with Crippen molar-refractivity contribution >= 4 is 21.7 Å². The number of anilines is 1. The van der Waals surface area contributed by atoms with Crippen molar-refractivity contribution in [2.45, 2.75) is 10.9 Å². The van der Waals surface area contributed by atoms with Crippen LogP contribution in [-0.2, 0) is 14.8 Å². The predicted molar refractivity (Wildman–Crippen MR) is 61.7 cm³/mol. The van der Waals surface area contributed by atoms with Crippen molar-refractivity contribution in [3.05, 3.63) is 24.3 Å². The van der Waals surface area contributed by atoms with Gasteiger partial charge in [-0.15, -0.1) is 0 Å². The van der Waals surface area contributed by atoms with Gasteiger partial charge in [-0.2, -0.15) is 0 Å². The van der Waals surface area contributed by atoms with Crippen molar-refractivity contribution in [2.75, 3.05) is 12.3 Å². The Morgan fingerprint density at radius 2 is 1.88 bits per heavy atom. The highest BCUT2D eigenvalue weighted by Crippen LogP contribution is 2.10. The summed E-state index contributed by atoms with van der Waals surface area (Å²) in [5, 5.41) is 8.51. The molecule has 7 nitrogen and oxygen atoms in total. The van der Waals surface area contributed by atoms with E-state index in [1.165, 1.54) is 24.3 Å². The van der Waals surface area contributed by atoms with Crippen molar-refractivity contribution < 1.29 is 18.3 Å². The van der Waals surface area contributed by atoms with Gasteiger partial charge in [-0.25, -0.2) is 13.1 Å². The number of carboxylic acid groups (broad SMARTS) is 1. The molecular formula is C9H13N3O4S. The van der Waals surface area contributed by atoms with Gasteiger partial charge in [0.25, 0.3) is 0 Å². The number of nitrogens with two attached hydrogens (primary N) is 2. The quantitative estimate of drug-likeness (QED) is 0.499. The first-order valence-electron chi connectivity index (χ1n) is 4.66. The summed E-state index contributed by atoms with van der Waals surface area (Å²) in [6, 6.07) is 4.24. The molecule has 1 atom stereocenters. The molecule has 0 aliphatic carbocycles. The lowest BCUT2D eigenvalue weighted by molar-refractivity contribution is -0.138. The second kappa shape index (κ2) is 5.13. The number of hydrogen-bond donors (Lipinski definition) is 4. The normalized spacial score (nSPS) is 13.2. The molecule has 1 aromatic rings. The summed E-state index contributed by atoms with van der Waals surface area (Å²) in [6.07, 6.45) is 0. The molecule has 0 saturated carbocycles. The lowest BCUT2D eigenvalue weighted by Gasteiger charge is -2.09. The van der Waals surface area contributed by atoms with Crippen LogP contribution < -0.4 is 16.2 Å². The van der Waals surface area contributed by atoms with Gasteiger partial charge in [-0.1, -0.05) is 0 Å². The summed E-state index contributed by atoms with van der Waals surface area (Å²) < 4.78 is 25.4. The summed E-state index contributed by atoms with van der Waals surface area (Å²) in [7, 11) is -3.75. The molecule has 17 heavy (non-hydrogen) atoms. The molecule has 0 amide bonds. The number of nitrogen functional groups attached to an aromatic ring is 1. The molecule has 0 heterocycles. The molecule has 94 valence electrons. The maximum atomic E-state index is 11.7. The lowest BCUT2D eigenvalue weighted by atomic mass is 10.3. The fourth-order valence-electron chi connectivity index (χ4n) is 1.02. The second-order valence-electron chi connectivity index (χ2n) is 3.37. The minimum atomic E-state index is -3.75. The number of nitrogens with one attached hydrogen (secondary N) is 1. The average Bonchev–Trinajstić information content (AvgIpc) is 2.26. The Morgan fingerprint density at radius 3 is 2.35 bits per heavy atom. The van der Waals surface area contributed by atoms with E-state index >= 15 is 0 Å². The van der Waals surface area contributed by atoms with Gasteiger partial charge in [0, 0.05) is 12.2 Å². The van der Waals surface area contributed by atoms with E-state index in [0.29, 0.717) is 5.69 Å². The molecule has 1 unspecified atom stereocenters. The van der Waals surface area contributed by atoms with Crippen LogP contribution >= 0.6 is 0 Å². The van der Waals surface area contributed by atoms with Gasteiger partial charge in [-0.05, 0) is 24.3 Å². The number of carboxylic acids is 1. The van der Waals surface area contributed by atoms with Crippen LogP contribution in [-0.4, -0.2) is 32.1 Å². The molecule has 0 aromatic heterocycles. The Balaban J connectivity index is 2.76. The maximum absolute atomic E-state index is 11.7. The molecule has 0 aliphatic rings. The number of rotatable bonds is 5. The summed E-state index contributed by atoms with van der Waals surface area (Å²) in [5.74, 6) is -1.27. The van der Waals surface area contributed by atoms with Crippen molar-refractivity contribution in [3.8, 4) is 0 Å². The third kappa shape index (κ3) is 3.70. The Kier molecular flexibility index (Phi) is 4.05. The average molecular weight is 259 g/mol. The molecule has 0 saturated heterocycles. The zero-order chi connectivity index (χ0) is 13.1. The third-order valence-electron chi connectivity index (χ3n) is 2.00. The van der Waals surface area contributed by atoms with Crippen LogP contribution in [0.1, 0.15) is 0 Å². The summed E-state index contributed by atoms with van der Waals surface area (Å²) in [4.78, 5) is 10.4. The van der Waals surface area contributed by atoms with E-state index in [2.05, 4.69) is 4.72 Å². The van der Waals surface area contributed by atoms with Crippen LogP contribution in [0.4, 0.5) is 5.69 Å². The number of benzene rings is 1. The minimum absolute atomic E-state index is 0.00397. The van der Waals surface area contributed by atoms with E-state index in [0.717, 1.165) is 0 Å². The molecule has 8 heteroatoms. The number of sulfonamides is 1. The van der Waals surface area contributed by atoms with Gasteiger partial charge < -0.3 is 16.6 Å². The maximum Gasteiger partial charge on any atom is 0.321 e. The summed E-state index contributed by atoms with van der Waals surface area (Å²) >= 11 is 0. The van der Waals surface area contributed by atoms with E-state index in [-0.39, 0.29) is 11.4 Å². The monoisotopic (exact) mass is 259 g/mol. The molecule has 0 bridgehead atoms. The van der Waals surface area contributed by atoms with Gasteiger partial charge >= 0.3 is 5.97 Å². The van der Waals surface area contributed by atoms with Gasteiger partial charge in [0.1, 0.15) is 6.04 Å². The van der Waals surface area contributed by atoms with Crippen molar-refractivity contribution in [1.82, 2.24) is 4.72 Å². The molecule has 1 aromatic carbocycles. The first-order chi connectivity index (χ1) is 7.83. The molecule has 0 spiro atoms. The molecule has 0 radical (unpaired) electrons. The van der Waals surface area contributed by atoms with Crippen LogP contribution in [0.15, 0.2) is 29.2 Å². The Morgan fingerprint density at radius 1 is 1.35 bits per heavy atom. The number of aliphatic carboxylic acids is 1. The van der Waals surface area contributed by atoms with Crippen LogP contribution in [0.5, 0.6) is 0 Å². The van der Waals surface area contributed by atoms with E-state index in [9.17, 15) is 13.2 Å².